The van der Waals surface area contributed by atoms with Gasteiger partial charge in [0.2, 0.25) is 0 Å². The summed E-state index contributed by atoms with van der Waals surface area (Å²) in [6, 6.07) is 12.7. The minimum Gasteiger partial charge on any atom is -0.462 e. The lowest BCUT2D eigenvalue weighted by Crippen LogP contribution is -2.37. The Morgan fingerprint density at radius 3 is 2.50 bits per heavy atom. The van der Waals surface area contributed by atoms with Gasteiger partial charge in [0.15, 0.2) is 0 Å². The second-order valence-corrected chi connectivity index (χ2v) is 6.79. The molecule has 148 valence electrons. The number of hydrogen-bond donors (Lipinski definition) is 1. The van der Waals surface area contributed by atoms with Crippen molar-refractivity contribution in [1.29, 1.82) is 0 Å². The van der Waals surface area contributed by atoms with Crippen molar-refractivity contribution in [2.24, 2.45) is 0 Å². The number of esters is 1. The number of hydrogen-bond acceptors (Lipinski definition) is 5. The van der Waals surface area contributed by atoms with E-state index in [1.807, 2.05) is 38.1 Å². The second kappa shape index (κ2) is 9.37. The standard InChI is InChI=1S/C22H26N2O4/c1-3-12-28-22(26)19-15-18(8-9-20(19)24-10-13-27-14-11-24)23-21(25)17-6-4-16(2)5-7-17/h4-9,15H,3,10-14H2,1-2H3,(H,23,25). The van der Waals surface area contributed by atoms with E-state index in [0.717, 1.165) is 17.7 Å². The number of anilines is 2. The highest BCUT2D eigenvalue weighted by molar-refractivity contribution is 6.05. The molecular weight excluding hydrogens is 356 g/mol. The largest absolute Gasteiger partial charge is 0.462 e. The van der Waals surface area contributed by atoms with Gasteiger partial charge in [-0.1, -0.05) is 24.6 Å². The van der Waals surface area contributed by atoms with Crippen LogP contribution in [0.5, 0.6) is 0 Å². The Morgan fingerprint density at radius 2 is 1.82 bits per heavy atom. The maximum atomic E-state index is 12.6. The van der Waals surface area contributed by atoms with Crippen LogP contribution >= 0.6 is 0 Å². The monoisotopic (exact) mass is 382 g/mol. The zero-order valence-electron chi connectivity index (χ0n) is 16.4. The smallest absolute Gasteiger partial charge is 0.340 e. The lowest BCUT2D eigenvalue weighted by molar-refractivity contribution is 0.0504. The Labute approximate surface area is 165 Å². The Kier molecular flexibility index (Phi) is 6.66. The summed E-state index contributed by atoms with van der Waals surface area (Å²) in [7, 11) is 0. The minimum atomic E-state index is -0.380. The van der Waals surface area contributed by atoms with Crippen LogP contribution in [0.4, 0.5) is 11.4 Å². The third kappa shape index (κ3) is 4.89. The first kappa shape index (κ1) is 19.9. The van der Waals surface area contributed by atoms with Crippen molar-refractivity contribution >= 4 is 23.3 Å². The summed E-state index contributed by atoms with van der Waals surface area (Å²) in [6.07, 6.45) is 0.752. The molecular formula is C22H26N2O4. The van der Waals surface area contributed by atoms with Gasteiger partial charge in [-0.15, -0.1) is 0 Å². The van der Waals surface area contributed by atoms with Gasteiger partial charge in [0.1, 0.15) is 0 Å². The molecule has 3 rings (SSSR count). The average Bonchev–Trinajstić information content (AvgIpc) is 2.73. The highest BCUT2D eigenvalue weighted by Gasteiger charge is 2.21. The van der Waals surface area contributed by atoms with E-state index in [1.165, 1.54) is 0 Å². The van der Waals surface area contributed by atoms with Gasteiger partial charge in [0.05, 0.1) is 31.1 Å². The van der Waals surface area contributed by atoms with Crippen LogP contribution in [0.3, 0.4) is 0 Å². The van der Waals surface area contributed by atoms with Crippen LogP contribution in [0.2, 0.25) is 0 Å². The fourth-order valence-electron chi connectivity index (χ4n) is 3.04. The molecule has 0 bridgehead atoms. The summed E-state index contributed by atoms with van der Waals surface area (Å²) >= 11 is 0. The van der Waals surface area contributed by atoms with Gasteiger partial charge in [-0.3, -0.25) is 4.79 Å². The number of amides is 1. The Morgan fingerprint density at radius 1 is 1.11 bits per heavy atom. The Balaban J connectivity index is 1.84. The topological polar surface area (TPSA) is 67.9 Å². The van der Waals surface area contributed by atoms with Gasteiger partial charge >= 0.3 is 5.97 Å². The molecule has 1 aliphatic rings. The minimum absolute atomic E-state index is 0.216. The van der Waals surface area contributed by atoms with E-state index in [-0.39, 0.29) is 11.9 Å². The normalized spacial score (nSPS) is 13.9. The maximum absolute atomic E-state index is 12.6. The first-order valence-corrected chi connectivity index (χ1v) is 9.60. The number of benzene rings is 2. The third-order valence-electron chi connectivity index (χ3n) is 4.58. The number of nitrogens with zero attached hydrogens (tertiary/aromatic N) is 1. The molecule has 1 N–H and O–H groups in total. The molecule has 0 radical (unpaired) electrons. The Bertz CT molecular complexity index is 827. The van der Waals surface area contributed by atoms with E-state index in [4.69, 9.17) is 9.47 Å². The van der Waals surface area contributed by atoms with E-state index >= 15 is 0 Å². The highest BCUT2D eigenvalue weighted by Crippen LogP contribution is 2.26. The highest BCUT2D eigenvalue weighted by atomic mass is 16.5. The van der Waals surface area contributed by atoms with Crippen LogP contribution in [0.25, 0.3) is 0 Å². The maximum Gasteiger partial charge on any atom is 0.340 e. The number of ether oxygens (including phenoxy) is 2. The fourth-order valence-corrected chi connectivity index (χ4v) is 3.04. The molecule has 6 nitrogen and oxygen atoms in total. The van der Waals surface area contributed by atoms with Crippen molar-refractivity contribution in [1.82, 2.24) is 0 Å². The van der Waals surface area contributed by atoms with Crippen LogP contribution in [0, 0.1) is 6.92 Å². The Hall–Kier alpha value is -2.86. The third-order valence-corrected chi connectivity index (χ3v) is 4.58. The number of nitrogens with one attached hydrogen (secondary N) is 1. The lowest BCUT2D eigenvalue weighted by Gasteiger charge is -2.30. The number of carbonyl (C=O) groups is 2. The molecule has 1 amide bonds. The summed E-state index contributed by atoms with van der Waals surface area (Å²) in [5, 5.41) is 2.87. The van der Waals surface area contributed by atoms with Crippen LogP contribution < -0.4 is 10.2 Å². The molecule has 2 aromatic carbocycles. The quantitative estimate of drug-likeness (QED) is 0.773. The van der Waals surface area contributed by atoms with Gasteiger partial charge in [0, 0.05) is 24.3 Å². The number of morpholine rings is 1. The van der Waals surface area contributed by atoms with Crippen LogP contribution in [0.1, 0.15) is 39.6 Å². The summed E-state index contributed by atoms with van der Waals surface area (Å²) in [6.45, 7) is 6.95. The van der Waals surface area contributed by atoms with E-state index in [9.17, 15) is 9.59 Å². The average molecular weight is 382 g/mol. The molecule has 28 heavy (non-hydrogen) atoms. The molecule has 0 spiro atoms. The predicted octanol–water partition coefficient (Wildman–Crippen LogP) is 3.65. The summed E-state index contributed by atoms with van der Waals surface area (Å²) in [4.78, 5) is 27.2. The first-order chi connectivity index (χ1) is 13.6. The molecule has 1 saturated heterocycles. The van der Waals surface area contributed by atoms with Gasteiger partial charge < -0.3 is 19.7 Å². The van der Waals surface area contributed by atoms with Crippen molar-refractivity contribution in [2.75, 3.05) is 43.1 Å². The van der Waals surface area contributed by atoms with Crippen LogP contribution in [0.15, 0.2) is 42.5 Å². The number of carbonyl (C=O) groups excluding carboxylic acids is 2. The lowest BCUT2D eigenvalue weighted by atomic mass is 10.1. The number of rotatable bonds is 6. The molecule has 1 fully saturated rings. The molecule has 0 unspecified atom stereocenters. The first-order valence-electron chi connectivity index (χ1n) is 9.60. The van der Waals surface area contributed by atoms with Crippen molar-refractivity contribution < 1.29 is 19.1 Å². The zero-order chi connectivity index (χ0) is 19.9. The summed E-state index contributed by atoms with van der Waals surface area (Å²) in [5.41, 5.74) is 3.48. The molecule has 1 aliphatic heterocycles. The van der Waals surface area contributed by atoms with E-state index in [1.54, 1.807) is 18.2 Å². The van der Waals surface area contributed by atoms with E-state index in [2.05, 4.69) is 10.2 Å². The molecule has 0 aromatic heterocycles. The zero-order valence-corrected chi connectivity index (χ0v) is 16.4. The van der Waals surface area contributed by atoms with Gasteiger partial charge in [-0.2, -0.15) is 0 Å². The van der Waals surface area contributed by atoms with Crippen molar-refractivity contribution in [3.05, 3.63) is 59.2 Å². The van der Waals surface area contributed by atoms with E-state index in [0.29, 0.717) is 49.7 Å². The van der Waals surface area contributed by atoms with E-state index < -0.39 is 0 Å². The second-order valence-electron chi connectivity index (χ2n) is 6.79. The molecule has 1 heterocycles. The molecule has 0 saturated carbocycles. The van der Waals surface area contributed by atoms with Gasteiger partial charge in [0.25, 0.3) is 5.91 Å². The van der Waals surface area contributed by atoms with Crippen LogP contribution in [-0.2, 0) is 9.47 Å². The summed E-state index contributed by atoms with van der Waals surface area (Å²) in [5.74, 6) is -0.596. The number of aryl methyl sites for hydroxylation is 1. The van der Waals surface area contributed by atoms with Gasteiger partial charge in [-0.05, 0) is 43.7 Å². The SMILES string of the molecule is CCCOC(=O)c1cc(NC(=O)c2ccc(C)cc2)ccc1N1CCOCC1. The predicted molar refractivity (Wildman–Crippen MR) is 109 cm³/mol. The molecule has 0 atom stereocenters. The fraction of sp³-hybridized carbons (Fsp3) is 0.364. The van der Waals surface area contributed by atoms with Gasteiger partial charge in [-0.25, -0.2) is 4.79 Å². The van der Waals surface area contributed by atoms with Crippen molar-refractivity contribution in [3.63, 3.8) is 0 Å². The molecule has 2 aromatic rings. The van der Waals surface area contributed by atoms with Crippen molar-refractivity contribution in [3.8, 4) is 0 Å². The van der Waals surface area contributed by atoms with Crippen LogP contribution in [-0.4, -0.2) is 44.8 Å². The molecule has 6 heteroatoms. The molecule has 0 aliphatic carbocycles. The summed E-state index contributed by atoms with van der Waals surface area (Å²) < 4.78 is 10.8. The van der Waals surface area contributed by atoms with Crippen molar-refractivity contribution in [2.45, 2.75) is 20.3 Å².